The van der Waals surface area contributed by atoms with Gasteiger partial charge in [-0.25, -0.2) is 4.79 Å². The number of urea groups is 1. The first kappa shape index (κ1) is 17.7. The van der Waals surface area contributed by atoms with Crippen LogP contribution in [0.4, 0.5) is 4.79 Å². The quantitative estimate of drug-likeness (QED) is 0.814. The van der Waals surface area contributed by atoms with Crippen LogP contribution in [0.3, 0.4) is 0 Å². The molecule has 1 fully saturated rings. The zero-order chi connectivity index (χ0) is 17.5. The van der Waals surface area contributed by atoms with Gasteiger partial charge in [0.25, 0.3) is 0 Å². The number of thiophene rings is 1. The average molecular weight is 362 g/mol. The third-order valence-corrected chi connectivity index (χ3v) is 4.91. The van der Waals surface area contributed by atoms with Crippen molar-refractivity contribution in [2.45, 2.75) is 13.1 Å². The van der Waals surface area contributed by atoms with Gasteiger partial charge >= 0.3 is 6.03 Å². The van der Waals surface area contributed by atoms with E-state index >= 15 is 0 Å². The lowest BCUT2D eigenvalue weighted by atomic mass is 10.3. The molecular formula is C17H22N4O3S. The fourth-order valence-electron chi connectivity index (χ4n) is 2.72. The number of carbonyl (C=O) groups is 2. The third-order valence-electron chi connectivity index (χ3n) is 4.05. The van der Waals surface area contributed by atoms with Crippen LogP contribution in [0.25, 0.3) is 0 Å². The van der Waals surface area contributed by atoms with E-state index in [-0.39, 0.29) is 19.0 Å². The second kappa shape index (κ2) is 8.80. The van der Waals surface area contributed by atoms with Crippen LogP contribution >= 0.6 is 11.3 Å². The first-order valence-electron chi connectivity index (χ1n) is 8.26. The van der Waals surface area contributed by atoms with Crippen LogP contribution in [-0.4, -0.2) is 54.5 Å². The monoisotopic (exact) mass is 362 g/mol. The number of carbonyl (C=O) groups excluding carboxylic acids is 2. The number of imide groups is 1. The normalized spacial score (nSPS) is 15.8. The van der Waals surface area contributed by atoms with Crippen molar-refractivity contribution >= 4 is 23.3 Å². The fourth-order valence-corrected chi connectivity index (χ4v) is 3.47. The molecule has 3 heterocycles. The number of amides is 3. The lowest BCUT2D eigenvalue weighted by Crippen LogP contribution is -2.50. The predicted molar refractivity (Wildman–Crippen MR) is 95.1 cm³/mol. The molecule has 3 amide bonds. The summed E-state index contributed by atoms with van der Waals surface area (Å²) in [7, 11) is 0. The molecule has 0 bridgehead atoms. The summed E-state index contributed by atoms with van der Waals surface area (Å²) in [6.45, 7) is 4.97. The van der Waals surface area contributed by atoms with Gasteiger partial charge in [0.05, 0.1) is 19.4 Å². The molecule has 1 aliphatic heterocycles. The maximum Gasteiger partial charge on any atom is 0.321 e. The fraction of sp³-hybridized carbons (Fsp3) is 0.412. The number of nitrogens with one attached hydrogen (secondary N) is 2. The number of furan rings is 1. The van der Waals surface area contributed by atoms with Gasteiger partial charge < -0.3 is 9.73 Å². The minimum atomic E-state index is -0.502. The van der Waals surface area contributed by atoms with Crippen molar-refractivity contribution < 1.29 is 14.0 Å². The topological polar surface area (TPSA) is 77.8 Å². The summed E-state index contributed by atoms with van der Waals surface area (Å²) in [5.74, 6) is 0.355. The van der Waals surface area contributed by atoms with Crippen LogP contribution in [0.5, 0.6) is 0 Å². The molecule has 2 aromatic heterocycles. The Kier molecular flexibility index (Phi) is 6.21. The number of hydrogen-bond acceptors (Lipinski definition) is 6. The van der Waals surface area contributed by atoms with Gasteiger partial charge in [-0.15, -0.1) is 11.3 Å². The third kappa shape index (κ3) is 5.70. The van der Waals surface area contributed by atoms with E-state index in [2.05, 4.69) is 37.9 Å². The molecule has 0 aromatic carbocycles. The summed E-state index contributed by atoms with van der Waals surface area (Å²) in [6.07, 6.45) is 1.54. The number of nitrogens with zero attached hydrogens (tertiary/aromatic N) is 2. The lowest BCUT2D eigenvalue weighted by Gasteiger charge is -2.33. The van der Waals surface area contributed by atoms with Crippen LogP contribution < -0.4 is 10.6 Å². The highest BCUT2D eigenvalue weighted by Crippen LogP contribution is 2.13. The minimum absolute atomic E-state index is 0.237. The van der Waals surface area contributed by atoms with Gasteiger partial charge in [0.15, 0.2) is 0 Å². The van der Waals surface area contributed by atoms with E-state index in [0.29, 0.717) is 5.76 Å². The second-order valence-electron chi connectivity index (χ2n) is 5.94. The highest BCUT2D eigenvalue weighted by atomic mass is 32.1. The smallest absolute Gasteiger partial charge is 0.321 e. The van der Waals surface area contributed by atoms with Crippen LogP contribution in [-0.2, 0) is 17.9 Å². The Morgan fingerprint density at radius 1 is 1.12 bits per heavy atom. The van der Waals surface area contributed by atoms with Crippen LogP contribution in [0.2, 0.25) is 0 Å². The second-order valence-corrected chi connectivity index (χ2v) is 6.97. The van der Waals surface area contributed by atoms with Crippen molar-refractivity contribution in [3.8, 4) is 0 Å². The first-order chi connectivity index (χ1) is 12.2. The van der Waals surface area contributed by atoms with Crippen molar-refractivity contribution in [2.24, 2.45) is 0 Å². The van der Waals surface area contributed by atoms with Gasteiger partial charge in [-0.1, -0.05) is 6.07 Å². The summed E-state index contributed by atoms with van der Waals surface area (Å²) in [5.41, 5.74) is 0. The van der Waals surface area contributed by atoms with Crippen molar-refractivity contribution in [1.29, 1.82) is 0 Å². The Bertz CT molecular complexity index is 664. The van der Waals surface area contributed by atoms with Crippen LogP contribution in [0.15, 0.2) is 40.3 Å². The molecule has 0 radical (unpaired) electrons. The van der Waals surface area contributed by atoms with Gasteiger partial charge in [-0.3, -0.25) is 19.9 Å². The van der Waals surface area contributed by atoms with E-state index in [1.807, 2.05) is 0 Å². The summed E-state index contributed by atoms with van der Waals surface area (Å²) in [4.78, 5) is 29.5. The van der Waals surface area contributed by atoms with Crippen LogP contribution in [0, 0.1) is 0 Å². The Morgan fingerprint density at radius 2 is 1.92 bits per heavy atom. The zero-order valence-corrected chi connectivity index (χ0v) is 14.8. The lowest BCUT2D eigenvalue weighted by molar-refractivity contribution is -0.121. The molecule has 0 aliphatic carbocycles. The van der Waals surface area contributed by atoms with E-state index in [1.54, 1.807) is 23.5 Å². The summed E-state index contributed by atoms with van der Waals surface area (Å²) in [6, 6.07) is 7.22. The van der Waals surface area contributed by atoms with Crippen molar-refractivity contribution in [1.82, 2.24) is 20.4 Å². The largest absolute Gasteiger partial charge is 0.467 e. The Balaban J connectivity index is 1.32. The maximum absolute atomic E-state index is 12.0. The maximum atomic E-state index is 12.0. The molecule has 1 aliphatic rings. The number of rotatable bonds is 6. The minimum Gasteiger partial charge on any atom is -0.467 e. The van der Waals surface area contributed by atoms with E-state index in [1.165, 1.54) is 11.1 Å². The summed E-state index contributed by atoms with van der Waals surface area (Å²) in [5, 5.41) is 7.04. The standard InChI is InChI=1S/C17H22N4O3S/c22-16(19-17(23)18-11-14-3-1-9-24-14)13-21-7-5-20(6-8-21)12-15-4-2-10-25-15/h1-4,9-10H,5-8,11-13H2,(H2,18,19,22,23). The Hall–Kier alpha value is -2.16. The Labute approximate surface area is 150 Å². The molecule has 3 rings (SSSR count). The van der Waals surface area contributed by atoms with Gasteiger partial charge in [0.2, 0.25) is 5.91 Å². The number of piperazine rings is 1. The SMILES string of the molecule is O=C(CN1CCN(Cc2cccs2)CC1)NC(=O)NCc1ccco1. The number of hydrogen-bond donors (Lipinski definition) is 2. The van der Waals surface area contributed by atoms with E-state index in [4.69, 9.17) is 4.42 Å². The van der Waals surface area contributed by atoms with Crippen molar-refractivity contribution in [2.75, 3.05) is 32.7 Å². The van der Waals surface area contributed by atoms with Crippen molar-refractivity contribution in [3.63, 3.8) is 0 Å². The van der Waals surface area contributed by atoms with Crippen molar-refractivity contribution in [3.05, 3.63) is 46.5 Å². The van der Waals surface area contributed by atoms with E-state index in [9.17, 15) is 9.59 Å². The molecule has 0 unspecified atom stereocenters. The molecule has 134 valence electrons. The highest BCUT2D eigenvalue weighted by molar-refractivity contribution is 7.09. The van der Waals surface area contributed by atoms with Gasteiger partial charge in [-0.2, -0.15) is 0 Å². The average Bonchev–Trinajstić information content (AvgIpc) is 3.28. The highest BCUT2D eigenvalue weighted by Gasteiger charge is 2.20. The predicted octanol–water partition coefficient (Wildman–Crippen LogP) is 1.48. The van der Waals surface area contributed by atoms with Gasteiger partial charge in [0, 0.05) is 37.6 Å². The molecule has 8 heteroatoms. The molecule has 0 atom stereocenters. The zero-order valence-electron chi connectivity index (χ0n) is 13.9. The molecule has 0 saturated carbocycles. The molecule has 1 saturated heterocycles. The molecule has 2 N–H and O–H groups in total. The van der Waals surface area contributed by atoms with E-state index in [0.717, 1.165) is 32.7 Å². The first-order valence-corrected chi connectivity index (χ1v) is 9.14. The Morgan fingerprint density at radius 3 is 2.60 bits per heavy atom. The van der Waals surface area contributed by atoms with E-state index < -0.39 is 6.03 Å². The van der Waals surface area contributed by atoms with Gasteiger partial charge in [-0.05, 0) is 23.6 Å². The van der Waals surface area contributed by atoms with Crippen LogP contribution in [0.1, 0.15) is 10.6 Å². The molecule has 0 spiro atoms. The van der Waals surface area contributed by atoms with Gasteiger partial charge in [0.1, 0.15) is 5.76 Å². The summed E-state index contributed by atoms with van der Waals surface area (Å²) >= 11 is 1.77. The molecule has 25 heavy (non-hydrogen) atoms. The summed E-state index contributed by atoms with van der Waals surface area (Å²) < 4.78 is 5.12. The molecule has 7 nitrogen and oxygen atoms in total. The molecular weight excluding hydrogens is 340 g/mol. The molecule has 2 aromatic rings.